The minimum absolute atomic E-state index is 0.0765. The van der Waals surface area contributed by atoms with E-state index in [1.165, 1.54) is 44.4 Å². The Labute approximate surface area is 118 Å². The number of aromatic nitrogens is 1. The van der Waals surface area contributed by atoms with Crippen LogP contribution in [0.1, 0.15) is 42.5 Å². The summed E-state index contributed by atoms with van der Waals surface area (Å²) in [7, 11) is 1.82. The first kappa shape index (κ1) is 14.1. The number of nitrogens with zero attached hydrogens (tertiary/aromatic N) is 2. The van der Waals surface area contributed by atoms with Crippen molar-refractivity contribution in [1.29, 1.82) is 0 Å². The van der Waals surface area contributed by atoms with Crippen LogP contribution in [0.2, 0.25) is 5.15 Å². The molecule has 1 heterocycles. The molecule has 1 aliphatic rings. The lowest BCUT2D eigenvalue weighted by atomic mass is 9.89. The summed E-state index contributed by atoms with van der Waals surface area (Å²) < 4.78 is 0. The first-order valence-electron chi connectivity index (χ1n) is 6.74. The zero-order chi connectivity index (χ0) is 13.8. The smallest absolute Gasteiger partial charge is 0.255 e. The maximum absolute atomic E-state index is 12.4. The summed E-state index contributed by atoms with van der Waals surface area (Å²) in [5, 5.41) is 0.295. The van der Waals surface area contributed by atoms with E-state index >= 15 is 0 Å². The third-order valence-corrected chi connectivity index (χ3v) is 3.94. The van der Waals surface area contributed by atoms with E-state index in [1.54, 1.807) is 4.90 Å². The van der Waals surface area contributed by atoms with Crippen LogP contribution in [0.4, 0.5) is 5.69 Å². The van der Waals surface area contributed by atoms with Crippen LogP contribution in [0.15, 0.2) is 12.3 Å². The number of halogens is 1. The van der Waals surface area contributed by atoms with Crippen LogP contribution < -0.4 is 5.73 Å². The molecule has 2 rings (SSSR count). The minimum atomic E-state index is -0.0765. The van der Waals surface area contributed by atoms with Gasteiger partial charge in [0.15, 0.2) is 0 Å². The second kappa shape index (κ2) is 6.24. The molecule has 1 aliphatic carbocycles. The highest BCUT2D eigenvalue weighted by molar-refractivity contribution is 6.29. The van der Waals surface area contributed by atoms with E-state index in [-0.39, 0.29) is 5.91 Å². The molecule has 2 N–H and O–H groups in total. The maximum atomic E-state index is 12.4. The number of hydrogen-bond acceptors (Lipinski definition) is 3. The van der Waals surface area contributed by atoms with Crippen molar-refractivity contribution in [2.45, 2.75) is 32.1 Å². The first-order chi connectivity index (χ1) is 9.08. The quantitative estimate of drug-likeness (QED) is 0.867. The number of rotatable bonds is 3. The van der Waals surface area contributed by atoms with Gasteiger partial charge >= 0.3 is 0 Å². The standard InChI is InChI=1S/C14H20ClN3O/c1-18(9-10-5-3-2-4-6-10)14(19)11-7-13(15)17-8-12(11)16/h7-8,10H,2-6,9,16H2,1H3. The fourth-order valence-corrected chi connectivity index (χ4v) is 2.83. The highest BCUT2D eigenvalue weighted by Gasteiger charge is 2.20. The number of anilines is 1. The molecule has 1 aromatic rings. The zero-order valence-corrected chi connectivity index (χ0v) is 12.0. The van der Waals surface area contributed by atoms with E-state index < -0.39 is 0 Å². The molecule has 19 heavy (non-hydrogen) atoms. The van der Waals surface area contributed by atoms with Crippen molar-refractivity contribution in [2.24, 2.45) is 5.92 Å². The van der Waals surface area contributed by atoms with E-state index in [1.807, 2.05) is 7.05 Å². The predicted molar refractivity (Wildman–Crippen MR) is 77.2 cm³/mol. The highest BCUT2D eigenvalue weighted by atomic mass is 35.5. The minimum Gasteiger partial charge on any atom is -0.397 e. The molecule has 0 bridgehead atoms. The third kappa shape index (κ3) is 3.60. The second-order valence-electron chi connectivity index (χ2n) is 5.28. The van der Waals surface area contributed by atoms with Crippen LogP contribution in [-0.2, 0) is 0 Å². The van der Waals surface area contributed by atoms with Gasteiger partial charge in [0, 0.05) is 13.6 Å². The van der Waals surface area contributed by atoms with Gasteiger partial charge in [0.2, 0.25) is 0 Å². The highest BCUT2D eigenvalue weighted by Crippen LogP contribution is 2.25. The number of nitrogens with two attached hydrogens (primary N) is 1. The van der Waals surface area contributed by atoms with E-state index in [0.29, 0.717) is 22.3 Å². The van der Waals surface area contributed by atoms with Crippen LogP contribution >= 0.6 is 11.6 Å². The number of amides is 1. The number of carbonyl (C=O) groups excluding carboxylic acids is 1. The van der Waals surface area contributed by atoms with E-state index in [4.69, 9.17) is 17.3 Å². The van der Waals surface area contributed by atoms with Gasteiger partial charge in [0.05, 0.1) is 17.4 Å². The second-order valence-corrected chi connectivity index (χ2v) is 5.67. The van der Waals surface area contributed by atoms with Crippen LogP contribution in [0, 0.1) is 5.92 Å². The van der Waals surface area contributed by atoms with Gasteiger partial charge in [-0.25, -0.2) is 4.98 Å². The van der Waals surface area contributed by atoms with Gasteiger partial charge in [-0.05, 0) is 24.8 Å². The molecule has 0 radical (unpaired) electrons. The lowest BCUT2D eigenvalue weighted by Gasteiger charge is -2.27. The van der Waals surface area contributed by atoms with Crippen molar-refractivity contribution in [3.05, 3.63) is 23.0 Å². The molecular weight excluding hydrogens is 262 g/mol. The Morgan fingerprint density at radius 1 is 1.47 bits per heavy atom. The van der Waals surface area contributed by atoms with E-state index in [0.717, 1.165) is 6.54 Å². The molecule has 1 aromatic heterocycles. The zero-order valence-electron chi connectivity index (χ0n) is 11.2. The van der Waals surface area contributed by atoms with Gasteiger partial charge in [-0.1, -0.05) is 30.9 Å². The van der Waals surface area contributed by atoms with Crippen molar-refractivity contribution < 1.29 is 4.79 Å². The van der Waals surface area contributed by atoms with Crippen LogP contribution in [0.5, 0.6) is 0 Å². The van der Waals surface area contributed by atoms with Gasteiger partial charge in [0.25, 0.3) is 5.91 Å². The summed E-state index contributed by atoms with van der Waals surface area (Å²) in [5.74, 6) is 0.536. The Bertz CT molecular complexity index is 458. The van der Waals surface area contributed by atoms with Gasteiger partial charge in [-0.15, -0.1) is 0 Å². The van der Waals surface area contributed by atoms with Crippen molar-refractivity contribution in [3.8, 4) is 0 Å². The molecule has 1 saturated carbocycles. The Kier molecular flexibility index (Phi) is 4.64. The average molecular weight is 282 g/mol. The molecule has 104 valence electrons. The van der Waals surface area contributed by atoms with Crippen molar-refractivity contribution in [1.82, 2.24) is 9.88 Å². The third-order valence-electron chi connectivity index (χ3n) is 3.74. The molecule has 1 fully saturated rings. The number of carbonyl (C=O) groups is 1. The largest absolute Gasteiger partial charge is 0.397 e. The van der Waals surface area contributed by atoms with Crippen LogP contribution in [0.25, 0.3) is 0 Å². The van der Waals surface area contributed by atoms with Crippen LogP contribution in [-0.4, -0.2) is 29.4 Å². The number of nitrogen functional groups attached to an aromatic ring is 1. The molecule has 0 atom stereocenters. The van der Waals surface area contributed by atoms with Crippen molar-refractivity contribution in [2.75, 3.05) is 19.3 Å². The van der Waals surface area contributed by atoms with E-state index in [2.05, 4.69) is 4.98 Å². The molecule has 0 unspecified atom stereocenters. The predicted octanol–water partition coefficient (Wildman–Crippen LogP) is 2.97. The maximum Gasteiger partial charge on any atom is 0.255 e. The first-order valence-corrected chi connectivity index (χ1v) is 7.12. The molecule has 5 heteroatoms. The fourth-order valence-electron chi connectivity index (χ4n) is 2.67. The van der Waals surface area contributed by atoms with Gasteiger partial charge in [-0.2, -0.15) is 0 Å². The summed E-state index contributed by atoms with van der Waals surface area (Å²) in [6, 6.07) is 1.54. The molecule has 0 aromatic carbocycles. The summed E-state index contributed by atoms with van der Waals surface area (Å²) in [4.78, 5) is 18.0. The number of pyridine rings is 1. The molecule has 0 saturated heterocycles. The van der Waals surface area contributed by atoms with Crippen LogP contribution in [0.3, 0.4) is 0 Å². The summed E-state index contributed by atoms with van der Waals surface area (Å²) >= 11 is 5.82. The summed E-state index contributed by atoms with van der Waals surface area (Å²) in [6.45, 7) is 0.790. The number of hydrogen-bond donors (Lipinski definition) is 1. The lowest BCUT2D eigenvalue weighted by molar-refractivity contribution is 0.0761. The lowest BCUT2D eigenvalue weighted by Crippen LogP contribution is -2.33. The molecule has 4 nitrogen and oxygen atoms in total. The molecule has 0 aliphatic heterocycles. The monoisotopic (exact) mass is 281 g/mol. The molecule has 1 amide bonds. The Balaban J connectivity index is 2.03. The fraction of sp³-hybridized carbons (Fsp3) is 0.571. The average Bonchev–Trinajstić information content (AvgIpc) is 2.42. The van der Waals surface area contributed by atoms with Gasteiger partial charge < -0.3 is 10.6 Å². The summed E-state index contributed by atoms with van der Waals surface area (Å²) in [6.07, 6.45) is 7.73. The summed E-state index contributed by atoms with van der Waals surface area (Å²) in [5.41, 5.74) is 6.62. The van der Waals surface area contributed by atoms with Crippen molar-refractivity contribution >= 4 is 23.2 Å². The Morgan fingerprint density at radius 2 is 2.16 bits per heavy atom. The van der Waals surface area contributed by atoms with E-state index in [9.17, 15) is 4.79 Å². The molecular formula is C14H20ClN3O. The topological polar surface area (TPSA) is 59.2 Å². The molecule has 0 spiro atoms. The normalized spacial score (nSPS) is 16.3. The Morgan fingerprint density at radius 3 is 2.84 bits per heavy atom. The SMILES string of the molecule is CN(CC1CCCCC1)C(=O)c1cc(Cl)ncc1N. The van der Waals surface area contributed by atoms with Crippen molar-refractivity contribution in [3.63, 3.8) is 0 Å². The Hall–Kier alpha value is -1.29. The van der Waals surface area contributed by atoms with Gasteiger partial charge in [-0.3, -0.25) is 4.79 Å². The van der Waals surface area contributed by atoms with Gasteiger partial charge in [0.1, 0.15) is 5.15 Å².